The fraction of sp³-hybridized carbons (Fsp3) is 1.00. The van der Waals surface area contributed by atoms with Crippen LogP contribution in [0.15, 0.2) is 0 Å². The van der Waals surface area contributed by atoms with Crippen molar-refractivity contribution < 1.29 is 0 Å². The zero-order chi connectivity index (χ0) is 13.2. The topological polar surface area (TPSA) is 15.3 Å². The second-order valence-corrected chi connectivity index (χ2v) is 6.20. The zero-order valence-corrected chi connectivity index (χ0v) is 12.9. The minimum Gasteiger partial charge on any atom is -0.309 e. The van der Waals surface area contributed by atoms with E-state index in [1.807, 2.05) is 0 Å². The lowest BCUT2D eigenvalue weighted by molar-refractivity contribution is 0.170. The second kappa shape index (κ2) is 9.80. The zero-order valence-electron chi connectivity index (χ0n) is 12.9. The van der Waals surface area contributed by atoms with Gasteiger partial charge in [-0.15, -0.1) is 0 Å². The van der Waals surface area contributed by atoms with Gasteiger partial charge in [-0.2, -0.15) is 0 Å². The first-order chi connectivity index (χ1) is 8.72. The van der Waals surface area contributed by atoms with Crippen LogP contribution in [-0.4, -0.2) is 36.6 Å². The van der Waals surface area contributed by atoms with Crippen molar-refractivity contribution in [2.45, 2.75) is 84.2 Å². The van der Waals surface area contributed by atoms with E-state index >= 15 is 0 Å². The van der Waals surface area contributed by atoms with Crippen LogP contribution in [0.2, 0.25) is 0 Å². The number of nitrogens with one attached hydrogen (secondary N) is 1. The van der Waals surface area contributed by atoms with Gasteiger partial charge in [0.15, 0.2) is 0 Å². The Balaban J connectivity index is 1.91. The molecule has 2 atom stereocenters. The third kappa shape index (κ3) is 7.38. The summed E-state index contributed by atoms with van der Waals surface area (Å²) in [7, 11) is 0. The van der Waals surface area contributed by atoms with Crippen LogP contribution < -0.4 is 5.32 Å². The van der Waals surface area contributed by atoms with E-state index in [1.165, 1.54) is 71.0 Å². The molecule has 0 aromatic carbocycles. The first kappa shape index (κ1) is 16.0. The highest BCUT2D eigenvalue weighted by Crippen LogP contribution is 2.10. The average Bonchev–Trinajstić information content (AvgIpc) is 2.31. The molecule has 2 nitrogen and oxygen atoms in total. The maximum absolute atomic E-state index is 3.60. The Kier molecular flexibility index (Phi) is 8.70. The molecule has 0 bridgehead atoms. The molecule has 108 valence electrons. The van der Waals surface area contributed by atoms with E-state index in [4.69, 9.17) is 0 Å². The lowest BCUT2D eigenvalue weighted by atomic mass is 10.1. The highest BCUT2D eigenvalue weighted by molar-refractivity contribution is 4.80. The maximum atomic E-state index is 3.60. The summed E-state index contributed by atoms with van der Waals surface area (Å²) in [5.74, 6) is 0. The summed E-state index contributed by atoms with van der Waals surface area (Å²) < 4.78 is 0. The summed E-state index contributed by atoms with van der Waals surface area (Å²) >= 11 is 0. The SMILES string of the molecule is CCCCCCCCCCN1CC(C)NC(C)C1. The van der Waals surface area contributed by atoms with Gasteiger partial charge in [0.1, 0.15) is 0 Å². The average molecular weight is 254 g/mol. The first-order valence-corrected chi connectivity index (χ1v) is 8.20. The Bertz CT molecular complexity index is 184. The molecule has 0 amide bonds. The summed E-state index contributed by atoms with van der Waals surface area (Å²) in [5.41, 5.74) is 0. The molecule has 0 aromatic rings. The van der Waals surface area contributed by atoms with E-state index in [2.05, 4.69) is 31.0 Å². The molecule has 1 aliphatic rings. The van der Waals surface area contributed by atoms with E-state index < -0.39 is 0 Å². The third-order valence-corrected chi connectivity index (χ3v) is 3.96. The van der Waals surface area contributed by atoms with Gasteiger partial charge >= 0.3 is 0 Å². The summed E-state index contributed by atoms with van der Waals surface area (Å²) in [5, 5.41) is 3.60. The molecular formula is C16H34N2. The number of unbranched alkanes of at least 4 members (excludes halogenated alkanes) is 7. The first-order valence-electron chi connectivity index (χ1n) is 8.20. The van der Waals surface area contributed by atoms with Crippen molar-refractivity contribution in [2.75, 3.05) is 19.6 Å². The van der Waals surface area contributed by atoms with Crippen molar-refractivity contribution in [3.8, 4) is 0 Å². The molecule has 2 unspecified atom stereocenters. The van der Waals surface area contributed by atoms with Gasteiger partial charge in [0.2, 0.25) is 0 Å². The summed E-state index contributed by atoms with van der Waals surface area (Å²) in [6.45, 7) is 10.7. The lowest BCUT2D eigenvalue weighted by Crippen LogP contribution is -2.54. The molecule has 0 aliphatic carbocycles. The molecule has 0 aromatic heterocycles. The number of hydrogen-bond donors (Lipinski definition) is 1. The van der Waals surface area contributed by atoms with E-state index in [1.54, 1.807) is 0 Å². The van der Waals surface area contributed by atoms with E-state index in [0.29, 0.717) is 12.1 Å². The Labute approximate surface area is 115 Å². The van der Waals surface area contributed by atoms with Crippen molar-refractivity contribution in [1.82, 2.24) is 10.2 Å². The van der Waals surface area contributed by atoms with Crippen molar-refractivity contribution in [3.63, 3.8) is 0 Å². The molecule has 1 aliphatic heterocycles. The largest absolute Gasteiger partial charge is 0.309 e. The van der Waals surface area contributed by atoms with Gasteiger partial charge in [0.25, 0.3) is 0 Å². The van der Waals surface area contributed by atoms with Crippen molar-refractivity contribution in [2.24, 2.45) is 0 Å². The number of rotatable bonds is 9. The lowest BCUT2D eigenvalue weighted by Gasteiger charge is -2.36. The number of nitrogens with zero attached hydrogens (tertiary/aromatic N) is 1. The highest BCUT2D eigenvalue weighted by Gasteiger charge is 2.19. The molecular weight excluding hydrogens is 220 g/mol. The molecule has 1 heterocycles. The van der Waals surface area contributed by atoms with E-state index in [9.17, 15) is 0 Å². The van der Waals surface area contributed by atoms with Gasteiger partial charge in [0, 0.05) is 25.2 Å². The van der Waals surface area contributed by atoms with Crippen LogP contribution in [0.3, 0.4) is 0 Å². The molecule has 1 N–H and O–H groups in total. The maximum Gasteiger partial charge on any atom is 0.0169 e. The predicted molar refractivity (Wildman–Crippen MR) is 81.1 cm³/mol. The Hall–Kier alpha value is -0.0800. The van der Waals surface area contributed by atoms with Crippen molar-refractivity contribution >= 4 is 0 Å². The second-order valence-electron chi connectivity index (χ2n) is 6.20. The van der Waals surface area contributed by atoms with Gasteiger partial charge < -0.3 is 10.2 Å². The third-order valence-electron chi connectivity index (χ3n) is 3.96. The van der Waals surface area contributed by atoms with Crippen LogP contribution in [0.1, 0.15) is 72.1 Å². The summed E-state index contributed by atoms with van der Waals surface area (Å²) in [6, 6.07) is 1.34. The van der Waals surface area contributed by atoms with Gasteiger partial charge in [-0.1, -0.05) is 51.9 Å². The Morgan fingerprint density at radius 2 is 1.33 bits per heavy atom. The van der Waals surface area contributed by atoms with Crippen LogP contribution in [0.25, 0.3) is 0 Å². The minimum absolute atomic E-state index is 0.669. The molecule has 0 saturated carbocycles. The van der Waals surface area contributed by atoms with E-state index in [-0.39, 0.29) is 0 Å². The Morgan fingerprint density at radius 3 is 1.89 bits per heavy atom. The fourth-order valence-corrected chi connectivity index (χ4v) is 3.09. The molecule has 2 heteroatoms. The molecule has 1 fully saturated rings. The highest BCUT2D eigenvalue weighted by atomic mass is 15.2. The smallest absolute Gasteiger partial charge is 0.0169 e. The number of piperazine rings is 1. The van der Waals surface area contributed by atoms with Crippen LogP contribution in [0.5, 0.6) is 0 Å². The van der Waals surface area contributed by atoms with Gasteiger partial charge in [-0.25, -0.2) is 0 Å². The van der Waals surface area contributed by atoms with Gasteiger partial charge in [-0.05, 0) is 26.8 Å². The monoisotopic (exact) mass is 254 g/mol. The van der Waals surface area contributed by atoms with Crippen LogP contribution in [0.4, 0.5) is 0 Å². The van der Waals surface area contributed by atoms with Crippen molar-refractivity contribution in [3.05, 3.63) is 0 Å². The summed E-state index contributed by atoms with van der Waals surface area (Å²) in [4.78, 5) is 2.64. The predicted octanol–water partition coefficient (Wildman–Crippen LogP) is 3.81. The quantitative estimate of drug-likeness (QED) is 0.629. The van der Waals surface area contributed by atoms with Crippen LogP contribution in [-0.2, 0) is 0 Å². The summed E-state index contributed by atoms with van der Waals surface area (Å²) in [6.07, 6.45) is 11.4. The van der Waals surface area contributed by atoms with Crippen LogP contribution in [0, 0.1) is 0 Å². The normalized spacial score (nSPS) is 25.5. The molecule has 0 spiro atoms. The Morgan fingerprint density at radius 1 is 0.833 bits per heavy atom. The van der Waals surface area contributed by atoms with Gasteiger partial charge in [-0.3, -0.25) is 0 Å². The molecule has 1 rings (SSSR count). The van der Waals surface area contributed by atoms with Gasteiger partial charge in [0.05, 0.1) is 0 Å². The fourth-order valence-electron chi connectivity index (χ4n) is 3.09. The number of hydrogen-bond acceptors (Lipinski definition) is 2. The molecule has 1 saturated heterocycles. The van der Waals surface area contributed by atoms with E-state index in [0.717, 1.165) is 0 Å². The van der Waals surface area contributed by atoms with Crippen LogP contribution >= 0.6 is 0 Å². The van der Waals surface area contributed by atoms with Crippen molar-refractivity contribution in [1.29, 1.82) is 0 Å². The molecule has 18 heavy (non-hydrogen) atoms. The standard InChI is InChI=1S/C16H34N2/c1-4-5-6-7-8-9-10-11-12-18-13-15(2)17-16(3)14-18/h15-17H,4-14H2,1-3H3. The molecule has 0 radical (unpaired) electrons. The minimum atomic E-state index is 0.669.